The second kappa shape index (κ2) is 5.93. The van der Waals surface area contributed by atoms with Gasteiger partial charge in [-0.1, -0.05) is 19.9 Å². The Bertz CT molecular complexity index is 457. The predicted molar refractivity (Wildman–Crippen MR) is 70.7 cm³/mol. The van der Waals surface area contributed by atoms with Crippen molar-refractivity contribution < 1.29 is 19.4 Å². The molecule has 0 fully saturated rings. The molecule has 5 nitrogen and oxygen atoms in total. The van der Waals surface area contributed by atoms with Crippen molar-refractivity contribution in [1.29, 1.82) is 0 Å². The summed E-state index contributed by atoms with van der Waals surface area (Å²) < 4.78 is 10.5. The summed E-state index contributed by atoms with van der Waals surface area (Å²) in [5.41, 5.74) is 0.753. The maximum absolute atomic E-state index is 11.5. The number of ether oxygens (including phenoxy) is 2. The zero-order chi connectivity index (χ0) is 13.8. The van der Waals surface area contributed by atoms with Gasteiger partial charge in [0.15, 0.2) is 11.5 Å². The molecule has 5 heteroatoms. The molecule has 0 radical (unpaired) electrons. The Balaban J connectivity index is 2.21. The summed E-state index contributed by atoms with van der Waals surface area (Å²) in [6, 6.07) is 5.34. The molecule has 0 amide bonds. The van der Waals surface area contributed by atoms with Gasteiger partial charge in [0.2, 0.25) is 6.79 Å². The molecule has 0 aliphatic carbocycles. The second-order valence-corrected chi connectivity index (χ2v) is 4.49. The molecule has 2 rings (SSSR count). The number of likely N-dealkylation sites (N-methyl/N-ethyl adjacent to an activating group) is 1. The first kappa shape index (κ1) is 13.7. The molecule has 0 spiro atoms. The van der Waals surface area contributed by atoms with Gasteiger partial charge in [-0.25, -0.2) is 0 Å². The van der Waals surface area contributed by atoms with E-state index in [1.807, 2.05) is 13.8 Å². The van der Waals surface area contributed by atoms with Crippen LogP contribution in [0.5, 0.6) is 11.5 Å². The fourth-order valence-electron chi connectivity index (χ4n) is 2.20. The molecule has 0 bridgehead atoms. The monoisotopic (exact) mass is 265 g/mol. The summed E-state index contributed by atoms with van der Waals surface area (Å²) in [5.74, 6) is -0.0563. The maximum atomic E-state index is 11.5. The number of aliphatic carboxylic acids is 1. The number of carboxylic acid groups (broad SMARTS) is 1. The topological polar surface area (TPSA) is 59.0 Å². The van der Waals surface area contributed by atoms with E-state index in [9.17, 15) is 9.90 Å². The maximum Gasteiger partial charge on any atom is 0.312 e. The molecule has 1 aromatic carbocycles. The van der Waals surface area contributed by atoms with Crippen molar-refractivity contribution in [2.24, 2.45) is 0 Å². The first-order valence-electron chi connectivity index (χ1n) is 6.50. The van der Waals surface area contributed by atoms with E-state index in [2.05, 4.69) is 4.90 Å². The van der Waals surface area contributed by atoms with E-state index in [4.69, 9.17) is 9.47 Å². The van der Waals surface area contributed by atoms with Crippen LogP contribution in [0.1, 0.15) is 25.3 Å². The summed E-state index contributed by atoms with van der Waals surface area (Å²) in [5, 5.41) is 9.42. The minimum atomic E-state index is -0.814. The lowest BCUT2D eigenvalue weighted by Gasteiger charge is -2.23. The van der Waals surface area contributed by atoms with Gasteiger partial charge in [-0.15, -0.1) is 0 Å². The van der Waals surface area contributed by atoms with Gasteiger partial charge in [0.05, 0.1) is 5.92 Å². The third-order valence-corrected chi connectivity index (χ3v) is 3.43. The zero-order valence-electron chi connectivity index (χ0n) is 11.3. The average molecular weight is 265 g/mol. The van der Waals surface area contributed by atoms with Crippen LogP contribution in [0.3, 0.4) is 0 Å². The number of carboxylic acids is 1. The van der Waals surface area contributed by atoms with E-state index < -0.39 is 11.9 Å². The van der Waals surface area contributed by atoms with E-state index in [1.54, 1.807) is 18.2 Å². The van der Waals surface area contributed by atoms with Crippen LogP contribution in [0.25, 0.3) is 0 Å². The highest BCUT2D eigenvalue weighted by molar-refractivity contribution is 5.76. The molecule has 1 aliphatic rings. The Morgan fingerprint density at radius 1 is 1.32 bits per heavy atom. The fraction of sp³-hybridized carbons (Fsp3) is 0.500. The fourth-order valence-corrected chi connectivity index (χ4v) is 2.20. The Morgan fingerprint density at radius 2 is 2.00 bits per heavy atom. The molecule has 1 N–H and O–H groups in total. The van der Waals surface area contributed by atoms with E-state index in [0.29, 0.717) is 18.0 Å². The van der Waals surface area contributed by atoms with Crippen molar-refractivity contribution in [2.45, 2.75) is 19.8 Å². The van der Waals surface area contributed by atoms with Crippen LogP contribution in [0, 0.1) is 0 Å². The van der Waals surface area contributed by atoms with Gasteiger partial charge < -0.3 is 19.5 Å². The largest absolute Gasteiger partial charge is 0.481 e. The lowest BCUT2D eigenvalue weighted by Crippen LogP contribution is -2.31. The van der Waals surface area contributed by atoms with Crippen molar-refractivity contribution in [3.05, 3.63) is 23.8 Å². The van der Waals surface area contributed by atoms with E-state index in [1.165, 1.54) is 0 Å². The molecule has 0 aromatic heterocycles. The highest BCUT2D eigenvalue weighted by Crippen LogP contribution is 2.34. The van der Waals surface area contributed by atoms with Crippen LogP contribution in [-0.2, 0) is 4.79 Å². The van der Waals surface area contributed by atoms with Crippen LogP contribution in [0.2, 0.25) is 0 Å². The molecule has 1 aromatic rings. The third kappa shape index (κ3) is 2.98. The zero-order valence-corrected chi connectivity index (χ0v) is 11.3. The minimum absolute atomic E-state index is 0.201. The smallest absolute Gasteiger partial charge is 0.312 e. The van der Waals surface area contributed by atoms with Crippen LogP contribution in [0.15, 0.2) is 18.2 Å². The molecule has 0 saturated carbocycles. The van der Waals surface area contributed by atoms with Crippen LogP contribution >= 0.6 is 0 Å². The van der Waals surface area contributed by atoms with Gasteiger partial charge in [0.1, 0.15) is 0 Å². The van der Waals surface area contributed by atoms with Gasteiger partial charge in [-0.2, -0.15) is 0 Å². The first-order valence-corrected chi connectivity index (χ1v) is 6.50. The standard InChI is InChI=1S/C14H19NO4/c1-3-15(4-2)8-11(14(16)17)10-5-6-12-13(7-10)19-9-18-12/h5-7,11H,3-4,8-9H2,1-2H3,(H,16,17). The number of nitrogens with zero attached hydrogens (tertiary/aromatic N) is 1. The lowest BCUT2D eigenvalue weighted by atomic mass is 9.98. The number of fused-ring (bicyclic) bond motifs is 1. The lowest BCUT2D eigenvalue weighted by molar-refractivity contribution is -0.139. The summed E-state index contributed by atoms with van der Waals surface area (Å²) >= 11 is 0. The van der Waals surface area contributed by atoms with Crippen LogP contribution < -0.4 is 9.47 Å². The summed E-state index contributed by atoms with van der Waals surface area (Å²) in [6.07, 6.45) is 0. The number of hydrogen-bond donors (Lipinski definition) is 1. The van der Waals surface area contributed by atoms with Gasteiger partial charge in [-0.05, 0) is 30.8 Å². The Labute approximate surface area is 112 Å². The number of rotatable bonds is 6. The van der Waals surface area contributed by atoms with E-state index in [-0.39, 0.29) is 6.79 Å². The summed E-state index contributed by atoms with van der Waals surface area (Å²) in [6.45, 7) is 6.44. The van der Waals surface area contributed by atoms with Crippen molar-refractivity contribution in [3.8, 4) is 11.5 Å². The molecule has 1 aliphatic heterocycles. The Hall–Kier alpha value is -1.75. The van der Waals surface area contributed by atoms with Crippen molar-refractivity contribution in [2.75, 3.05) is 26.4 Å². The van der Waals surface area contributed by atoms with Gasteiger partial charge in [-0.3, -0.25) is 4.79 Å². The molecule has 104 valence electrons. The van der Waals surface area contributed by atoms with Crippen molar-refractivity contribution in [1.82, 2.24) is 4.90 Å². The summed E-state index contributed by atoms with van der Waals surface area (Å²) in [4.78, 5) is 13.6. The molecule has 1 atom stereocenters. The van der Waals surface area contributed by atoms with Crippen LogP contribution in [0.4, 0.5) is 0 Å². The highest BCUT2D eigenvalue weighted by Gasteiger charge is 2.24. The normalized spacial score (nSPS) is 14.7. The molecule has 0 saturated heterocycles. The highest BCUT2D eigenvalue weighted by atomic mass is 16.7. The molecule has 1 unspecified atom stereocenters. The number of carbonyl (C=O) groups is 1. The quantitative estimate of drug-likeness (QED) is 0.851. The second-order valence-electron chi connectivity index (χ2n) is 4.49. The van der Waals surface area contributed by atoms with Gasteiger partial charge >= 0.3 is 5.97 Å². The SMILES string of the molecule is CCN(CC)CC(C(=O)O)c1ccc2c(c1)OCO2. The van der Waals surface area contributed by atoms with E-state index >= 15 is 0 Å². The van der Waals surface area contributed by atoms with E-state index in [0.717, 1.165) is 18.7 Å². The predicted octanol–water partition coefficient (Wildman–Crippen LogP) is 1.93. The summed E-state index contributed by atoms with van der Waals surface area (Å²) in [7, 11) is 0. The van der Waals surface area contributed by atoms with Crippen molar-refractivity contribution in [3.63, 3.8) is 0 Å². The molecular weight excluding hydrogens is 246 g/mol. The Kier molecular flexibility index (Phi) is 4.27. The number of benzene rings is 1. The average Bonchev–Trinajstić information content (AvgIpc) is 2.87. The molecule has 1 heterocycles. The van der Waals surface area contributed by atoms with Crippen LogP contribution in [-0.4, -0.2) is 42.4 Å². The van der Waals surface area contributed by atoms with Crippen molar-refractivity contribution >= 4 is 5.97 Å². The first-order chi connectivity index (χ1) is 9.15. The molecule has 19 heavy (non-hydrogen) atoms. The van der Waals surface area contributed by atoms with Gasteiger partial charge in [0, 0.05) is 6.54 Å². The molecular formula is C14H19NO4. The minimum Gasteiger partial charge on any atom is -0.481 e. The van der Waals surface area contributed by atoms with Gasteiger partial charge in [0.25, 0.3) is 0 Å². The third-order valence-electron chi connectivity index (χ3n) is 3.43. The number of hydrogen-bond acceptors (Lipinski definition) is 4. The Morgan fingerprint density at radius 3 is 2.63 bits per heavy atom.